The number of methoxy groups -OCH3 is 1. The Hall–Kier alpha value is -3.35. The summed E-state index contributed by atoms with van der Waals surface area (Å²) < 4.78 is 5.15. The van der Waals surface area contributed by atoms with Gasteiger partial charge in [0.05, 0.1) is 7.11 Å². The van der Waals surface area contributed by atoms with Crippen molar-refractivity contribution in [1.82, 2.24) is 15.0 Å². The third-order valence-corrected chi connectivity index (χ3v) is 3.41. The van der Waals surface area contributed by atoms with Crippen molar-refractivity contribution >= 4 is 23.1 Å². The van der Waals surface area contributed by atoms with Crippen molar-refractivity contribution < 1.29 is 4.74 Å². The standard InChI is InChI=1S/C17H18N6O/c1-24-13-7-5-12(6-8-13)10-20-16-15(18)17(22-11-21-16)23-14-4-2-3-9-19-14/h2-9,11H,10,18H2,1H3,(H2,19,20,21,22,23). The minimum atomic E-state index is 0.441. The second-order valence-corrected chi connectivity index (χ2v) is 5.03. The maximum Gasteiger partial charge on any atom is 0.160 e. The summed E-state index contributed by atoms with van der Waals surface area (Å²) in [6, 6.07) is 13.4. The van der Waals surface area contributed by atoms with Gasteiger partial charge in [0.2, 0.25) is 0 Å². The van der Waals surface area contributed by atoms with Gasteiger partial charge in [0.25, 0.3) is 0 Å². The Kier molecular flexibility index (Phi) is 4.71. The summed E-state index contributed by atoms with van der Waals surface area (Å²) in [7, 11) is 1.64. The van der Waals surface area contributed by atoms with Crippen LogP contribution < -0.4 is 21.1 Å². The van der Waals surface area contributed by atoms with Gasteiger partial charge in [-0.3, -0.25) is 0 Å². The molecule has 0 spiro atoms. The van der Waals surface area contributed by atoms with Gasteiger partial charge in [0, 0.05) is 12.7 Å². The highest BCUT2D eigenvalue weighted by Gasteiger charge is 2.08. The van der Waals surface area contributed by atoms with E-state index in [0.29, 0.717) is 29.7 Å². The topological polar surface area (TPSA) is 98.0 Å². The summed E-state index contributed by atoms with van der Waals surface area (Å²) in [6.45, 7) is 0.592. The number of hydrogen-bond donors (Lipinski definition) is 3. The van der Waals surface area contributed by atoms with Crippen molar-refractivity contribution in [2.45, 2.75) is 6.54 Å². The Balaban J connectivity index is 1.70. The highest BCUT2D eigenvalue weighted by Crippen LogP contribution is 2.25. The molecular formula is C17H18N6O. The van der Waals surface area contributed by atoms with Crippen LogP contribution in [-0.2, 0) is 6.54 Å². The molecule has 0 radical (unpaired) electrons. The van der Waals surface area contributed by atoms with Gasteiger partial charge in [-0.1, -0.05) is 18.2 Å². The Morgan fingerprint density at radius 2 is 1.79 bits per heavy atom. The number of nitrogens with two attached hydrogens (primary N) is 1. The zero-order valence-electron chi connectivity index (χ0n) is 13.2. The molecule has 3 rings (SSSR count). The molecule has 0 atom stereocenters. The first-order chi connectivity index (χ1) is 11.8. The van der Waals surface area contributed by atoms with Gasteiger partial charge in [0.15, 0.2) is 11.6 Å². The highest BCUT2D eigenvalue weighted by molar-refractivity contribution is 5.76. The van der Waals surface area contributed by atoms with Gasteiger partial charge < -0.3 is 21.1 Å². The van der Waals surface area contributed by atoms with Crippen molar-refractivity contribution in [3.05, 3.63) is 60.6 Å². The van der Waals surface area contributed by atoms with E-state index in [1.807, 2.05) is 42.5 Å². The van der Waals surface area contributed by atoms with Crippen LogP contribution in [0.15, 0.2) is 55.0 Å². The van der Waals surface area contributed by atoms with Crippen molar-refractivity contribution in [3.63, 3.8) is 0 Å². The Morgan fingerprint density at radius 1 is 1.00 bits per heavy atom. The van der Waals surface area contributed by atoms with Crippen LogP contribution >= 0.6 is 0 Å². The number of ether oxygens (including phenoxy) is 1. The number of hydrogen-bond acceptors (Lipinski definition) is 7. The molecule has 2 heterocycles. The summed E-state index contributed by atoms with van der Waals surface area (Å²) >= 11 is 0. The van der Waals surface area contributed by atoms with E-state index >= 15 is 0 Å². The zero-order valence-corrected chi connectivity index (χ0v) is 13.2. The Labute approximate surface area is 139 Å². The van der Waals surface area contributed by atoms with Crippen molar-refractivity contribution in [1.29, 1.82) is 0 Å². The van der Waals surface area contributed by atoms with Crippen molar-refractivity contribution in [2.75, 3.05) is 23.5 Å². The maximum absolute atomic E-state index is 6.14. The predicted octanol–water partition coefficient (Wildman–Crippen LogP) is 2.82. The third kappa shape index (κ3) is 3.70. The number of anilines is 4. The zero-order chi connectivity index (χ0) is 16.8. The van der Waals surface area contributed by atoms with Gasteiger partial charge >= 0.3 is 0 Å². The summed E-state index contributed by atoms with van der Waals surface area (Å²) in [4.78, 5) is 12.6. The average molecular weight is 322 g/mol. The number of nitrogens with one attached hydrogen (secondary N) is 2. The van der Waals surface area contributed by atoms with E-state index < -0.39 is 0 Å². The SMILES string of the molecule is COc1ccc(CNc2ncnc(Nc3ccccn3)c2N)cc1. The summed E-state index contributed by atoms with van der Waals surface area (Å²) in [5.41, 5.74) is 7.68. The van der Waals surface area contributed by atoms with Crippen molar-refractivity contribution in [2.24, 2.45) is 0 Å². The molecule has 2 aromatic heterocycles. The second-order valence-electron chi connectivity index (χ2n) is 5.03. The summed E-state index contributed by atoms with van der Waals surface area (Å²) in [5, 5.41) is 6.30. The van der Waals surface area contributed by atoms with E-state index in [9.17, 15) is 0 Å². The van der Waals surface area contributed by atoms with Crippen LogP contribution in [-0.4, -0.2) is 22.1 Å². The first-order valence-electron chi connectivity index (χ1n) is 7.41. The number of pyridine rings is 1. The van der Waals surface area contributed by atoms with Crippen molar-refractivity contribution in [3.8, 4) is 5.75 Å². The van der Waals surface area contributed by atoms with E-state index in [1.165, 1.54) is 6.33 Å². The molecule has 7 heteroatoms. The lowest BCUT2D eigenvalue weighted by atomic mass is 10.2. The molecule has 7 nitrogen and oxygen atoms in total. The number of benzene rings is 1. The molecule has 0 aliphatic carbocycles. The van der Waals surface area contributed by atoms with Gasteiger partial charge in [-0.15, -0.1) is 0 Å². The quantitative estimate of drug-likeness (QED) is 0.642. The fourth-order valence-corrected chi connectivity index (χ4v) is 2.12. The number of nitrogen functional groups attached to an aromatic ring is 1. The molecule has 1 aromatic carbocycles. The summed E-state index contributed by atoms with van der Waals surface area (Å²) in [5.74, 6) is 2.58. The molecule has 0 fully saturated rings. The molecule has 24 heavy (non-hydrogen) atoms. The first-order valence-corrected chi connectivity index (χ1v) is 7.41. The fourth-order valence-electron chi connectivity index (χ4n) is 2.12. The van der Waals surface area contributed by atoms with Gasteiger partial charge in [-0.05, 0) is 29.8 Å². The molecule has 0 saturated carbocycles. The minimum Gasteiger partial charge on any atom is -0.497 e. The molecule has 122 valence electrons. The minimum absolute atomic E-state index is 0.441. The van der Waals surface area contributed by atoms with E-state index in [2.05, 4.69) is 25.6 Å². The lowest BCUT2D eigenvalue weighted by Gasteiger charge is -2.12. The highest BCUT2D eigenvalue weighted by atomic mass is 16.5. The van der Waals surface area contributed by atoms with Crippen LogP contribution in [0.4, 0.5) is 23.1 Å². The molecule has 3 aromatic rings. The van der Waals surface area contributed by atoms with E-state index in [-0.39, 0.29) is 0 Å². The average Bonchev–Trinajstić information content (AvgIpc) is 2.64. The van der Waals surface area contributed by atoms with Crippen LogP contribution in [0.2, 0.25) is 0 Å². The Morgan fingerprint density at radius 3 is 2.50 bits per heavy atom. The number of rotatable bonds is 6. The smallest absolute Gasteiger partial charge is 0.160 e. The molecule has 0 bridgehead atoms. The Bertz CT molecular complexity index is 792. The number of aromatic nitrogens is 3. The molecule has 0 unspecified atom stereocenters. The van der Waals surface area contributed by atoms with Gasteiger partial charge in [0.1, 0.15) is 23.6 Å². The van der Waals surface area contributed by atoms with E-state index in [1.54, 1.807) is 13.3 Å². The van der Waals surface area contributed by atoms with E-state index in [4.69, 9.17) is 10.5 Å². The maximum atomic E-state index is 6.14. The lowest BCUT2D eigenvalue weighted by molar-refractivity contribution is 0.414. The normalized spacial score (nSPS) is 10.2. The second kappa shape index (κ2) is 7.28. The molecule has 0 aliphatic heterocycles. The third-order valence-electron chi connectivity index (χ3n) is 3.41. The van der Waals surface area contributed by atoms with Crippen LogP contribution in [0.3, 0.4) is 0 Å². The van der Waals surface area contributed by atoms with E-state index in [0.717, 1.165) is 11.3 Å². The first kappa shape index (κ1) is 15.5. The van der Waals surface area contributed by atoms with Crippen LogP contribution in [0.1, 0.15) is 5.56 Å². The molecular weight excluding hydrogens is 304 g/mol. The molecule has 4 N–H and O–H groups in total. The number of nitrogens with zero attached hydrogens (tertiary/aromatic N) is 3. The lowest BCUT2D eigenvalue weighted by Crippen LogP contribution is -2.08. The fraction of sp³-hybridized carbons (Fsp3) is 0.118. The van der Waals surface area contributed by atoms with Crippen LogP contribution in [0, 0.1) is 0 Å². The van der Waals surface area contributed by atoms with Gasteiger partial charge in [-0.2, -0.15) is 0 Å². The van der Waals surface area contributed by atoms with Crippen LogP contribution in [0.5, 0.6) is 5.75 Å². The summed E-state index contributed by atoms with van der Waals surface area (Å²) in [6.07, 6.45) is 3.15. The van der Waals surface area contributed by atoms with Gasteiger partial charge in [-0.25, -0.2) is 15.0 Å². The molecule has 0 saturated heterocycles. The monoisotopic (exact) mass is 322 g/mol. The molecule has 0 aliphatic rings. The van der Waals surface area contributed by atoms with Crippen LogP contribution in [0.25, 0.3) is 0 Å². The largest absolute Gasteiger partial charge is 0.497 e. The predicted molar refractivity (Wildman–Crippen MR) is 94.3 cm³/mol. The molecule has 0 amide bonds.